The lowest BCUT2D eigenvalue weighted by atomic mass is 9.69. The van der Waals surface area contributed by atoms with Gasteiger partial charge in [-0.3, -0.25) is 9.36 Å². The molecule has 3 aromatic rings. The van der Waals surface area contributed by atoms with Gasteiger partial charge in [-0.1, -0.05) is 62.9 Å². The molecule has 2 aromatic carbocycles. The lowest BCUT2D eigenvalue weighted by Gasteiger charge is -2.37. The Morgan fingerprint density at radius 1 is 1.02 bits per heavy atom. The first-order valence-corrected chi connectivity index (χ1v) is 16.5. The number of hydrogen-bond donors (Lipinski definition) is 0. The monoisotopic (exact) mass is 569 g/mol. The number of rotatable bonds is 3. The van der Waals surface area contributed by atoms with E-state index in [0.717, 1.165) is 36.6 Å². The molecular weight excluding hydrogens is 526 g/mol. The number of nitrogens with zero attached hydrogens (tertiary/aromatic N) is 3. The summed E-state index contributed by atoms with van der Waals surface area (Å²) < 4.78 is 2.29. The van der Waals surface area contributed by atoms with Gasteiger partial charge in [-0.2, -0.15) is 4.98 Å². The fraction of sp³-hybridized carbons (Fsp3) is 0.556. The standard InChI is InChI=1S/C34H38ClN3O.C2H6/c1-2-23-11-13-24(14-12-23)21-37-19-7-8-26(22-37)25-15-16-27-30(20-25)38-29-10-6-9-28(35)31(29)32(39)36-33(38)34(27)17-4-3-5-18-34;1-2/h1,6,9-10,15-16,20,23-24,26H,3-5,7-8,11-14,17-19,21-22H2;1-2H3. The van der Waals surface area contributed by atoms with Crippen LogP contribution in [0.3, 0.4) is 0 Å². The average molecular weight is 570 g/mol. The van der Waals surface area contributed by atoms with Gasteiger partial charge in [-0.05, 0) is 99.1 Å². The topological polar surface area (TPSA) is 38.1 Å². The van der Waals surface area contributed by atoms with Crippen LogP contribution in [-0.2, 0) is 5.41 Å². The second-order valence-corrected chi connectivity index (χ2v) is 13.0. The predicted octanol–water partition coefficient (Wildman–Crippen LogP) is 8.25. The van der Waals surface area contributed by atoms with Crippen LogP contribution in [-0.4, -0.2) is 34.1 Å². The van der Waals surface area contributed by atoms with Crippen LogP contribution >= 0.6 is 11.6 Å². The molecule has 1 spiro atoms. The lowest BCUT2D eigenvalue weighted by molar-refractivity contribution is 0.155. The van der Waals surface area contributed by atoms with Gasteiger partial charge in [0.25, 0.3) is 5.56 Å². The smallest absolute Gasteiger partial charge is 0.282 e. The summed E-state index contributed by atoms with van der Waals surface area (Å²) in [6.07, 6.45) is 18.8. The van der Waals surface area contributed by atoms with Crippen LogP contribution in [0.15, 0.2) is 41.2 Å². The van der Waals surface area contributed by atoms with Crippen molar-refractivity contribution in [3.05, 3.63) is 68.7 Å². The summed E-state index contributed by atoms with van der Waals surface area (Å²) in [5.41, 5.74) is 4.52. The van der Waals surface area contributed by atoms with Gasteiger partial charge in [0.05, 0.1) is 27.0 Å². The first-order valence-electron chi connectivity index (χ1n) is 16.1. The van der Waals surface area contributed by atoms with Crippen molar-refractivity contribution in [3.8, 4) is 18.0 Å². The molecule has 3 heterocycles. The summed E-state index contributed by atoms with van der Waals surface area (Å²) in [5.74, 6) is 5.71. The molecule has 2 saturated carbocycles. The van der Waals surface area contributed by atoms with E-state index >= 15 is 0 Å². The van der Waals surface area contributed by atoms with Crippen LogP contribution < -0.4 is 5.56 Å². The van der Waals surface area contributed by atoms with E-state index in [2.05, 4.69) is 33.6 Å². The molecule has 1 saturated heterocycles. The molecule has 0 amide bonds. The highest BCUT2D eigenvalue weighted by Crippen LogP contribution is 2.52. The zero-order valence-electron chi connectivity index (χ0n) is 24.8. The van der Waals surface area contributed by atoms with E-state index in [1.54, 1.807) is 6.07 Å². The Labute approximate surface area is 250 Å². The number of fused-ring (bicyclic) bond motifs is 7. The van der Waals surface area contributed by atoms with Gasteiger partial charge in [0.15, 0.2) is 0 Å². The Kier molecular flexibility index (Phi) is 8.30. The zero-order chi connectivity index (χ0) is 28.6. The Morgan fingerprint density at radius 3 is 2.56 bits per heavy atom. The van der Waals surface area contributed by atoms with Gasteiger partial charge < -0.3 is 4.90 Å². The summed E-state index contributed by atoms with van der Waals surface area (Å²) >= 11 is 6.57. The molecule has 0 radical (unpaired) electrons. The minimum Gasteiger partial charge on any atom is -0.302 e. The van der Waals surface area contributed by atoms with Crippen LogP contribution in [0.5, 0.6) is 0 Å². The van der Waals surface area contributed by atoms with Crippen molar-refractivity contribution >= 4 is 22.5 Å². The molecule has 0 N–H and O–H groups in total. The van der Waals surface area contributed by atoms with Gasteiger partial charge in [-0.15, -0.1) is 12.3 Å². The summed E-state index contributed by atoms with van der Waals surface area (Å²) in [6, 6.07) is 13.0. The summed E-state index contributed by atoms with van der Waals surface area (Å²) in [6.45, 7) is 7.54. The largest absolute Gasteiger partial charge is 0.302 e. The van der Waals surface area contributed by atoms with E-state index in [4.69, 9.17) is 23.0 Å². The SMILES string of the molecule is C#CC1CCC(CN2CCCC(c3ccc4c(c3)-n3c(nc(=O)c5c(Cl)cccc53)C43CCCCC3)C2)CC1.CC. The molecule has 3 fully saturated rings. The van der Waals surface area contributed by atoms with Crippen molar-refractivity contribution in [2.24, 2.45) is 11.8 Å². The summed E-state index contributed by atoms with van der Waals surface area (Å²) in [4.78, 5) is 20.7. The normalized spacial score (nSPS) is 25.2. The molecule has 2 aliphatic heterocycles. The van der Waals surface area contributed by atoms with E-state index < -0.39 is 0 Å². The highest BCUT2D eigenvalue weighted by molar-refractivity contribution is 6.35. The molecule has 1 aromatic heterocycles. The van der Waals surface area contributed by atoms with Crippen LogP contribution in [0.4, 0.5) is 0 Å². The van der Waals surface area contributed by atoms with Crippen LogP contribution in [0.2, 0.25) is 5.02 Å². The van der Waals surface area contributed by atoms with E-state index in [0.29, 0.717) is 22.2 Å². The molecule has 41 heavy (non-hydrogen) atoms. The fourth-order valence-corrected chi connectivity index (χ4v) is 8.57. The lowest BCUT2D eigenvalue weighted by Crippen LogP contribution is -2.38. The van der Waals surface area contributed by atoms with Gasteiger partial charge >= 0.3 is 0 Å². The van der Waals surface area contributed by atoms with Gasteiger partial charge in [0.1, 0.15) is 5.82 Å². The number of terminal acetylenes is 1. The van der Waals surface area contributed by atoms with Crippen molar-refractivity contribution < 1.29 is 0 Å². The number of benzene rings is 2. The Morgan fingerprint density at radius 2 is 1.80 bits per heavy atom. The molecule has 1 unspecified atom stereocenters. The van der Waals surface area contributed by atoms with E-state index in [-0.39, 0.29) is 11.0 Å². The van der Waals surface area contributed by atoms with E-state index in [1.165, 1.54) is 87.7 Å². The highest BCUT2D eigenvalue weighted by atomic mass is 35.5. The van der Waals surface area contributed by atoms with Crippen molar-refractivity contribution in [2.45, 2.75) is 95.8 Å². The number of likely N-dealkylation sites (tertiary alicyclic amines) is 1. The Hall–Kier alpha value is -2.61. The third-order valence-corrected chi connectivity index (χ3v) is 10.7. The maximum absolute atomic E-state index is 13.3. The van der Waals surface area contributed by atoms with Crippen molar-refractivity contribution in [1.82, 2.24) is 14.5 Å². The van der Waals surface area contributed by atoms with Crippen LogP contribution in [0.1, 0.15) is 107 Å². The Balaban J connectivity index is 0.00000148. The number of halogens is 1. The molecule has 2 aliphatic carbocycles. The minimum absolute atomic E-state index is 0.169. The molecule has 216 valence electrons. The third-order valence-electron chi connectivity index (χ3n) is 10.4. The van der Waals surface area contributed by atoms with Crippen molar-refractivity contribution in [3.63, 3.8) is 0 Å². The van der Waals surface area contributed by atoms with Gasteiger partial charge in [0.2, 0.25) is 0 Å². The third kappa shape index (κ3) is 5.04. The molecule has 1 atom stereocenters. The molecular formula is C36H44ClN3O. The second-order valence-electron chi connectivity index (χ2n) is 12.6. The predicted molar refractivity (Wildman–Crippen MR) is 170 cm³/mol. The zero-order valence-corrected chi connectivity index (χ0v) is 25.6. The summed E-state index contributed by atoms with van der Waals surface area (Å²) in [7, 11) is 0. The molecule has 0 bridgehead atoms. The first kappa shape index (κ1) is 28.5. The van der Waals surface area contributed by atoms with Gasteiger partial charge in [-0.25, -0.2) is 0 Å². The van der Waals surface area contributed by atoms with Crippen molar-refractivity contribution in [1.29, 1.82) is 0 Å². The highest BCUT2D eigenvalue weighted by Gasteiger charge is 2.46. The number of hydrogen-bond acceptors (Lipinski definition) is 3. The Bertz CT molecular complexity index is 1500. The van der Waals surface area contributed by atoms with Gasteiger partial charge in [0, 0.05) is 19.0 Å². The maximum atomic E-state index is 13.3. The molecule has 4 nitrogen and oxygen atoms in total. The maximum Gasteiger partial charge on any atom is 0.282 e. The average Bonchev–Trinajstić information content (AvgIpc) is 3.27. The van der Waals surface area contributed by atoms with E-state index in [1.807, 2.05) is 26.0 Å². The fourth-order valence-electron chi connectivity index (χ4n) is 8.32. The summed E-state index contributed by atoms with van der Waals surface area (Å²) in [5, 5.41) is 1.03. The van der Waals surface area contributed by atoms with Crippen LogP contribution in [0.25, 0.3) is 16.6 Å². The second kappa shape index (κ2) is 11.9. The van der Waals surface area contributed by atoms with Crippen LogP contribution in [0, 0.1) is 24.2 Å². The molecule has 7 rings (SSSR count). The number of aromatic nitrogens is 2. The first-order chi connectivity index (χ1) is 20.1. The molecule has 5 heteroatoms. The minimum atomic E-state index is -0.195. The van der Waals surface area contributed by atoms with Crippen molar-refractivity contribution in [2.75, 3.05) is 19.6 Å². The number of piperidine rings is 1. The van der Waals surface area contributed by atoms with E-state index in [9.17, 15) is 4.79 Å². The quantitative estimate of drug-likeness (QED) is 0.298. The molecule has 4 aliphatic rings.